The molecular formula is C3H4N2S3. The largest absolute Gasteiger partial charge is 0.203 e. The van der Waals surface area contributed by atoms with Crippen molar-refractivity contribution >= 4 is 32.5 Å². The number of hydrogen-bond acceptors (Lipinski definition) is 4. The van der Waals surface area contributed by atoms with E-state index in [1.54, 1.807) is 10.3 Å². The first-order chi connectivity index (χ1) is 3.93. The van der Waals surface area contributed by atoms with Crippen LogP contribution in [0.4, 0.5) is 0 Å². The summed E-state index contributed by atoms with van der Waals surface area (Å²) in [6, 6.07) is 1.87. The van der Waals surface area contributed by atoms with Gasteiger partial charge in [0, 0.05) is 6.20 Å². The van der Waals surface area contributed by atoms with Gasteiger partial charge in [0.25, 0.3) is 0 Å². The molecule has 44 valence electrons. The van der Waals surface area contributed by atoms with E-state index in [-0.39, 0.29) is 0 Å². The fourth-order valence-electron chi connectivity index (χ4n) is 0.333. The van der Waals surface area contributed by atoms with Crippen LogP contribution in [0.5, 0.6) is 0 Å². The van der Waals surface area contributed by atoms with E-state index in [2.05, 4.69) is 16.8 Å². The van der Waals surface area contributed by atoms with E-state index in [1.165, 1.54) is 20.8 Å². The molecule has 2 nitrogen and oxygen atoms in total. The van der Waals surface area contributed by atoms with Crippen molar-refractivity contribution < 1.29 is 0 Å². The molecule has 0 aliphatic carbocycles. The van der Waals surface area contributed by atoms with E-state index < -0.39 is 0 Å². The van der Waals surface area contributed by atoms with Crippen LogP contribution in [0.25, 0.3) is 0 Å². The van der Waals surface area contributed by atoms with Crippen molar-refractivity contribution in [2.45, 2.75) is 0 Å². The van der Waals surface area contributed by atoms with Gasteiger partial charge >= 0.3 is 0 Å². The second kappa shape index (κ2) is 3.32. The molecule has 0 aliphatic rings. The van der Waals surface area contributed by atoms with Gasteiger partial charge in [-0.05, 0) is 15.9 Å². The summed E-state index contributed by atoms with van der Waals surface area (Å²) in [7, 11) is 2.84. The summed E-state index contributed by atoms with van der Waals surface area (Å²) < 4.78 is 1.73. The summed E-state index contributed by atoms with van der Waals surface area (Å²) in [5.74, 6) is 0. The van der Waals surface area contributed by atoms with Crippen LogP contribution in [-0.4, -0.2) is 9.19 Å². The molecule has 5 heteroatoms. The van der Waals surface area contributed by atoms with Gasteiger partial charge in [-0.15, -0.1) is 0 Å². The van der Waals surface area contributed by atoms with Crippen molar-refractivity contribution in [3.05, 3.63) is 18.5 Å². The van der Waals surface area contributed by atoms with Crippen molar-refractivity contribution in [1.82, 2.24) is 9.19 Å². The highest BCUT2D eigenvalue weighted by molar-refractivity contribution is 9.05. The molecule has 0 unspecified atom stereocenters. The first-order valence-electron chi connectivity index (χ1n) is 1.91. The van der Waals surface area contributed by atoms with Crippen LogP contribution in [0.1, 0.15) is 0 Å². The molecule has 0 N–H and O–H groups in total. The molecule has 0 saturated carbocycles. The Morgan fingerprint density at radius 2 is 2.50 bits per heavy atom. The Hall–Kier alpha value is 0.260. The highest BCUT2D eigenvalue weighted by Crippen LogP contribution is 2.24. The molecule has 0 atom stereocenters. The Labute approximate surface area is 60.4 Å². The second-order valence-corrected chi connectivity index (χ2v) is 3.97. The molecule has 1 aromatic heterocycles. The number of aromatic nitrogens is 2. The highest BCUT2D eigenvalue weighted by Gasteiger charge is 1.84. The molecule has 0 radical (unpaired) electrons. The summed E-state index contributed by atoms with van der Waals surface area (Å²) in [6.45, 7) is 0. The van der Waals surface area contributed by atoms with Gasteiger partial charge in [0.1, 0.15) is 0 Å². The summed E-state index contributed by atoms with van der Waals surface area (Å²) in [6.07, 6.45) is 3.60. The van der Waals surface area contributed by atoms with Crippen molar-refractivity contribution in [2.24, 2.45) is 0 Å². The van der Waals surface area contributed by atoms with Crippen LogP contribution in [0.2, 0.25) is 0 Å². The zero-order chi connectivity index (χ0) is 5.82. The molecule has 0 saturated heterocycles. The van der Waals surface area contributed by atoms with Crippen molar-refractivity contribution in [3.63, 3.8) is 0 Å². The van der Waals surface area contributed by atoms with Gasteiger partial charge in [-0.2, -0.15) is 5.10 Å². The van der Waals surface area contributed by atoms with Crippen molar-refractivity contribution in [2.75, 3.05) is 0 Å². The average molecular weight is 164 g/mol. The molecule has 1 aromatic rings. The Bertz CT molecular complexity index is 138. The van der Waals surface area contributed by atoms with Crippen LogP contribution < -0.4 is 0 Å². The summed E-state index contributed by atoms with van der Waals surface area (Å²) >= 11 is 3.93. The maximum absolute atomic E-state index is 3.93. The maximum Gasteiger partial charge on any atom is 0.0557 e. The molecule has 1 heterocycles. The summed E-state index contributed by atoms with van der Waals surface area (Å²) in [5, 5.41) is 3.92. The van der Waals surface area contributed by atoms with Crippen LogP contribution in [0.15, 0.2) is 18.5 Å². The van der Waals surface area contributed by atoms with Gasteiger partial charge in [-0.1, -0.05) is 11.7 Å². The maximum atomic E-state index is 3.93. The molecule has 1 rings (SSSR count). The van der Waals surface area contributed by atoms with Crippen molar-refractivity contribution in [3.8, 4) is 0 Å². The van der Waals surface area contributed by atoms with E-state index >= 15 is 0 Å². The van der Waals surface area contributed by atoms with Gasteiger partial charge in [0.15, 0.2) is 0 Å². The molecule has 8 heavy (non-hydrogen) atoms. The Balaban J connectivity index is 2.50. The fraction of sp³-hybridized carbons (Fsp3) is 0. The molecule has 0 fully saturated rings. The normalized spacial score (nSPS) is 9.62. The third kappa shape index (κ3) is 1.65. The lowest BCUT2D eigenvalue weighted by Gasteiger charge is -1.89. The molecule has 0 amide bonds. The number of nitrogens with zero attached hydrogens (tertiary/aromatic N) is 2. The van der Waals surface area contributed by atoms with Crippen LogP contribution in [0.3, 0.4) is 0 Å². The van der Waals surface area contributed by atoms with Crippen LogP contribution in [0, 0.1) is 0 Å². The first kappa shape index (κ1) is 6.38. The quantitative estimate of drug-likeness (QED) is 0.531. The highest BCUT2D eigenvalue weighted by atomic mass is 33.5. The predicted octanol–water partition coefficient (Wildman–Crippen LogP) is 1.87. The summed E-state index contributed by atoms with van der Waals surface area (Å²) in [4.78, 5) is 0. The van der Waals surface area contributed by atoms with Crippen LogP contribution in [-0.2, 0) is 0 Å². The van der Waals surface area contributed by atoms with E-state index in [1.807, 2.05) is 12.3 Å². The Morgan fingerprint density at radius 1 is 1.62 bits per heavy atom. The lowest BCUT2D eigenvalue weighted by Crippen LogP contribution is -1.78. The topological polar surface area (TPSA) is 17.8 Å². The minimum atomic E-state index is 1.37. The van der Waals surface area contributed by atoms with Gasteiger partial charge < -0.3 is 0 Å². The Morgan fingerprint density at radius 3 is 3.00 bits per heavy atom. The standard InChI is InChI=1S/C3H4N2S3/c6-8-7-5-3-1-2-4-5/h1-3,6H. The third-order valence-electron chi connectivity index (χ3n) is 0.590. The van der Waals surface area contributed by atoms with Gasteiger partial charge in [-0.25, -0.2) is 4.09 Å². The molecule has 0 spiro atoms. The number of rotatable bonds is 2. The minimum absolute atomic E-state index is 1.37. The minimum Gasteiger partial charge on any atom is -0.203 e. The molecule has 0 aromatic carbocycles. The van der Waals surface area contributed by atoms with E-state index in [4.69, 9.17) is 0 Å². The van der Waals surface area contributed by atoms with Crippen molar-refractivity contribution in [1.29, 1.82) is 0 Å². The zero-order valence-electron chi connectivity index (χ0n) is 3.89. The molecule has 0 aliphatic heterocycles. The van der Waals surface area contributed by atoms with Gasteiger partial charge in [0.05, 0.1) is 17.2 Å². The van der Waals surface area contributed by atoms with E-state index in [0.717, 1.165) is 0 Å². The zero-order valence-corrected chi connectivity index (χ0v) is 6.42. The number of thiol groups is 1. The Kier molecular flexibility index (Phi) is 2.65. The van der Waals surface area contributed by atoms with Gasteiger partial charge in [-0.3, -0.25) is 0 Å². The average Bonchev–Trinajstić information content (AvgIpc) is 2.19. The SMILES string of the molecule is SSSn1cccn1. The summed E-state index contributed by atoms with van der Waals surface area (Å²) in [5.41, 5.74) is 0. The predicted molar refractivity (Wildman–Crippen MR) is 41.8 cm³/mol. The first-order valence-corrected chi connectivity index (χ1v) is 5.07. The molecular weight excluding hydrogens is 160 g/mol. The monoisotopic (exact) mass is 164 g/mol. The second-order valence-electron chi connectivity index (χ2n) is 1.06. The smallest absolute Gasteiger partial charge is 0.0557 e. The lowest BCUT2D eigenvalue weighted by molar-refractivity contribution is 1.02. The van der Waals surface area contributed by atoms with E-state index in [9.17, 15) is 0 Å². The van der Waals surface area contributed by atoms with E-state index in [0.29, 0.717) is 0 Å². The lowest BCUT2D eigenvalue weighted by atomic mass is 10.8. The van der Waals surface area contributed by atoms with Gasteiger partial charge in [0.2, 0.25) is 0 Å². The fourth-order valence-corrected chi connectivity index (χ4v) is 1.70. The third-order valence-corrected chi connectivity index (χ3v) is 2.28. The number of hydrogen-bond donors (Lipinski definition) is 1. The molecule has 0 bridgehead atoms. The van der Waals surface area contributed by atoms with Crippen LogP contribution >= 0.6 is 32.5 Å².